The van der Waals surface area contributed by atoms with Crippen molar-refractivity contribution in [1.82, 2.24) is 4.90 Å². The summed E-state index contributed by atoms with van der Waals surface area (Å²) in [7, 11) is 0. The lowest BCUT2D eigenvalue weighted by atomic mass is 9.94. The van der Waals surface area contributed by atoms with E-state index in [1.807, 2.05) is 6.07 Å². The molecular weight excluding hydrogens is 338 g/mol. The number of likely N-dealkylation sites (tertiary alicyclic amines) is 1. The largest absolute Gasteiger partial charge is 0.303 e. The minimum absolute atomic E-state index is 0.139. The molecule has 110 valence electrons. The molecule has 0 amide bonds. The summed E-state index contributed by atoms with van der Waals surface area (Å²) in [5.74, 6) is 1.02. The van der Waals surface area contributed by atoms with Crippen molar-refractivity contribution in [2.45, 2.75) is 32.6 Å². The van der Waals surface area contributed by atoms with Gasteiger partial charge in [0.25, 0.3) is 0 Å². The number of carbonyl (C=O) groups is 1. The van der Waals surface area contributed by atoms with Gasteiger partial charge in [-0.15, -0.1) is 0 Å². The fraction of sp³-hybridized carbons (Fsp3) is 0.562. The fourth-order valence-corrected chi connectivity index (χ4v) is 3.51. The van der Waals surface area contributed by atoms with Gasteiger partial charge >= 0.3 is 0 Å². The van der Waals surface area contributed by atoms with Gasteiger partial charge in [0.1, 0.15) is 0 Å². The normalized spacial score (nSPS) is 17.4. The molecule has 0 aliphatic carbocycles. The van der Waals surface area contributed by atoms with Crippen LogP contribution >= 0.6 is 27.5 Å². The van der Waals surface area contributed by atoms with Gasteiger partial charge in [-0.3, -0.25) is 4.79 Å². The third kappa shape index (κ3) is 4.31. The van der Waals surface area contributed by atoms with Crippen molar-refractivity contribution < 1.29 is 4.79 Å². The number of ketones is 1. The highest BCUT2D eigenvalue weighted by atomic mass is 79.9. The summed E-state index contributed by atoms with van der Waals surface area (Å²) in [6.07, 6.45) is 4.37. The van der Waals surface area contributed by atoms with Crippen molar-refractivity contribution >= 4 is 33.3 Å². The van der Waals surface area contributed by atoms with Crippen LogP contribution in [0.25, 0.3) is 0 Å². The highest BCUT2D eigenvalue weighted by Gasteiger charge is 2.19. The van der Waals surface area contributed by atoms with Gasteiger partial charge in [-0.2, -0.15) is 0 Å². The van der Waals surface area contributed by atoms with Crippen LogP contribution in [0.15, 0.2) is 22.7 Å². The highest BCUT2D eigenvalue weighted by Crippen LogP contribution is 2.23. The van der Waals surface area contributed by atoms with Gasteiger partial charge in [-0.05, 0) is 50.0 Å². The van der Waals surface area contributed by atoms with Crippen molar-refractivity contribution in [3.8, 4) is 0 Å². The quantitative estimate of drug-likeness (QED) is 0.705. The lowest BCUT2D eigenvalue weighted by Crippen LogP contribution is -2.35. The lowest BCUT2D eigenvalue weighted by molar-refractivity contribution is 0.0950. The maximum Gasteiger partial charge on any atom is 0.165 e. The molecule has 1 aromatic carbocycles. The van der Waals surface area contributed by atoms with Gasteiger partial charge in [0.05, 0.1) is 5.02 Å². The van der Waals surface area contributed by atoms with Crippen molar-refractivity contribution in [2.75, 3.05) is 19.6 Å². The second-order valence-corrected chi connectivity index (χ2v) is 6.81. The summed E-state index contributed by atoms with van der Waals surface area (Å²) < 4.78 is 0.903. The van der Waals surface area contributed by atoms with Crippen molar-refractivity contribution in [3.05, 3.63) is 33.3 Å². The Hall–Kier alpha value is -0.380. The number of halogens is 2. The molecule has 0 spiro atoms. The number of carbonyl (C=O) groups excluding carboxylic acids is 1. The van der Waals surface area contributed by atoms with Gasteiger partial charge in [-0.1, -0.05) is 40.9 Å². The Bertz CT molecular complexity index is 470. The van der Waals surface area contributed by atoms with E-state index in [1.165, 1.54) is 19.3 Å². The minimum Gasteiger partial charge on any atom is -0.303 e. The average molecular weight is 359 g/mol. The van der Waals surface area contributed by atoms with Gasteiger partial charge in [0.2, 0.25) is 0 Å². The van der Waals surface area contributed by atoms with Crippen molar-refractivity contribution in [1.29, 1.82) is 0 Å². The van der Waals surface area contributed by atoms with E-state index in [9.17, 15) is 4.79 Å². The molecule has 0 N–H and O–H groups in total. The van der Waals surface area contributed by atoms with Gasteiger partial charge < -0.3 is 4.90 Å². The van der Waals surface area contributed by atoms with Crippen LogP contribution in [0, 0.1) is 5.92 Å². The zero-order valence-corrected chi connectivity index (χ0v) is 14.2. The molecular formula is C16H21BrClNO. The van der Waals surface area contributed by atoms with E-state index in [2.05, 4.69) is 27.8 Å². The third-order valence-electron chi connectivity index (χ3n) is 4.17. The van der Waals surface area contributed by atoms with E-state index in [4.69, 9.17) is 11.6 Å². The number of benzene rings is 1. The first-order valence-electron chi connectivity index (χ1n) is 7.30. The Morgan fingerprint density at radius 1 is 1.40 bits per heavy atom. The topological polar surface area (TPSA) is 20.3 Å². The van der Waals surface area contributed by atoms with E-state index >= 15 is 0 Å². The molecule has 1 saturated heterocycles. The third-order valence-corrected chi connectivity index (χ3v) is 4.98. The van der Waals surface area contributed by atoms with E-state index in [0.29, 0.717) is 17.0 Å². The van der Waals surface area contributed by atoms with Gasteiger partial charge in [0, 0.05) is 23.0 Å². The molecule has 0 radical (unpaired) electrons. The molecule has 0 bridgehead atoms. The Balaban J connectivity index is 1.83. The summed E-state index contributed by atoms with van der Waals surface area (Å²) in [6, 6.07) is 5.45. The highest BCUT2D eigenvalue weighted by molar-refractivity contribution is 9.10. The summed E-state index contributed by atoms with van der Waals surface area (Å²) in [5, 5.41) is 0.536. The standard InChI is InChI=1S/C16H21BrClNO/c1-2-12-5-8-19(9-6-12)10-7-16(20)14-4-3-13(17)11-15(14)18/h3-4,11-12H,2,5-10H2,1H3. The van der Waals surface area contributed by atoms with Crippen LogP contribution in [0.3, 0.4) is 0 Å². The summed E-state index contributed by atoms with van der Waals surface area (Å²) in [4.78, 5) is 14.6. The van der Waals surface area contributed by atoms with E-state index < -0.39 is 0 Å². The minimum atomic E-state index is 0.139. The van der Waals surface area contributed by atoms with Crippen LogP contribution in [0.5, 0.6) is 0 Å². The number of Topliss-reactive ketones (excluding diaryl/α,β-unsaturated/α-hetero) is 1. The summed E-state index contributed by atoms with van der Waals surface area (Å²) in [5.41, 5.74) is 0.637. The summed E-state index contributed by atoms with van der Waals surface area (Å²) >= 11 is 9.47. The number of piperidine rings is 1. The molecule has 0 saturated carbocycles. The second-order valence-electron chi connectivity index (χ2n) is 5.49. The Labute approximate surface area is 134 Å². The van der Waals surface area contributed by atoms with Gasteiger partial charge in [-0.25, -0.2) is 0 Å². The Kier molecular flexibility index (Phi) is 6.06. The first-order chi connectivity index (χ1) is 9.60. The van der Waals surface area contributed by atoms with Crippen LogP contribution in [0.2, 0.25) is 5.02 Å². The molecule has 0 atom stereocenters. The van der Waals surface area contributed by atoms with Crippen molar-refractivity contribution in [2.24, 2.45) is 5.92 Å². The zero-order valence-electron chi connectivity index (χ0n) is 11.9. The van der Waals surface area contributed by atoms with Gasteiger partial charge in [0.15, 0.2) is 5.78 Å². The van der Waals surface area contributed by atoms with E-state index in [1.54, 1.807) is 12.1 Å². The molecule has 1 aliphatic rings. The Morgan fingerprint density at radius 2 is 2.10 bits per heavy atom. The molecule has 0 unspecified atom stereocenters. The maximum absolute atomic E-state index is 12.2. The molecule has 2 nitrogen and oxygen atoms in total. The lowest BCUT2D eigenvalue weighted by Gasteiger charge is -2.31. The molecule has 1 heterocycles. The first-order valence-corrected chi connectivity index (χ1v) is 8.48. The molecule has 4 heteroatoms. The van der Waals surface area contributed by atoms with E-state index in [-0.39, 0.29) is 5.78 Å². The maximum atomic E-state index is 12.2. The number of rotatable bonds is 5. The zero-order chi connectivity index (χ0) is 14.5. The smallest absolute Gasteiger partial charge is 0.165 e. The molecule has 1 aliphatic heterocycles. The SMILES string of the molecule is CCC1CCN(CCC(=O)c2ccc(Br)cc2Cl)CC1. The number of nitrogens with zero attached hydrogens (tertiary/aromatic N) is 1. The second kappa shape index (κ2) is 7.58. The average Bonchev–Trinajstić information content (AvgIpc) is 2.45. The molecule has 2 rings (SSSR count). The molecule has 0 aromatic heterocycles. The Morgan fingerprint density at radius 3 is 2.70 bits per heavy atom. The number of hydrogen-bond acceptors (Lipinski definition) is 2. The number of hydrogen-bond donors (Lipinski definition) is 0. The molecule has 1 aromatic rings. The van der Waals surface area contributed by atoms with E-state index in [0.717, 1.165) is 30.0 Å². The predicted molar refractivity (Wildman–Crippen MR) is 87.6 cm³/mol. The molecule has 20 heavy (non-hydrogen) atoms. The van der Waals surface area contributed by atoms with Crippen LogP contribution < -0.4 is 0 Å². The monoisotopic (exact) mass is 357 g/mol. The predicted octanol–water partition coefficient (Wildman–Crippen LogP) is 4.80. The van der Waals surface area contributed by atoms with Crippen molar-refractivity contribution in [3.63, 3.8) is 0 Å². The first kappa shape index (κ1) is 16.0. The fourth-order valence-electron chi connectivity index (χ4n) is 2.73. The van der Waals surface area contributed by atoms with Crippen LogP contribution in [0.4, 0.5) is 0 Å². The summed E-state index contributed by atoms with van der Waals surface area (Å²) in [6.45, 7) is 5.36. The molecule has 1 fully saturated rings. The van der Waals surface area contributed by atoms with Crippen LogP contribution in [-0.2, 0) is 0 Å². The van der Waals surface area contributed by atoms with Crippen LogP contribution in [-0.4, -0.2) is 30.3 Å². The van der Waals surface area contributed by atoms with Crippen LogP contribution in [0.1, 0.15) is 43.0 Å².